The number of nitrogens with zero attached hydrogens (tertiary/aromatic N) is 1. The molecule has 0 heterocycles. The highest BCUT2D eigenvalue weighted by molar-refractivity contribution is 6.42. The Kier molecular flexibility index (Phi) is 7.06. The summed E-state index contributed by atoms with van der Waals surface area (Å²) >= 11 is 11.8. The van der Waals surface area contributed by atoms with E-state index < -0.39 is 17.3 Å². The number of nitrogens with two attached hydrogens (primary N) is 1. The normalized spacial score (nSPS) is 12.8. The molecule has 2 aromatic rings. The van der Waals surface area contributed by atoms with Gasteiger partial charge in [0, 0.05) is 18.7 Å². The lowest BCUT2D eigenvalue weighted by Gasteiger charge is -2.26. The number of hydrogen-bond donors (Lipinski definition) is 2. The molecule has 2 rings (SSSR count). The van der Waals surface area contributed by atoms with E-state index in [1.165, 1.54) is 12.1 Å². The van der Waals surface area contributed by atoms with Crippen LogP contribution in [0, 0.1) is 0 Å². The van der Waals surface area contributed by atoms with E-state index in [0.717, 1.165) is 12.1 Å². The van der Waals surface area contributed by atoms with Crippen molar-refractivity contribution in [2.75, 3.05) is 11.9 Å². The van der Waals surface area contributed by atoms with Crippen molar-refractivity contribution in [3.05, 3.63) is 58.1 Å². The predicted octanol–water partition coefficient (Wildman–Crippen LogP) is 5.99. The van der Waals surface area contributed by atoms with Crippen LogP contribution in [0.2, 0.25) is 10.0 Å². The Morgan fingerprint density at radius 3 is 2.29 bits per heavy atom. The number of aliphatic imine (C=N–C) groups is 1. The van der Waals surface area contributed by atoms with Crippen LogP contribution in [0.4, 0.5) is 18.9 Å². The Hall–Kier alpha value is -2.12. The third kappa shape index (κ3) is 6.80. The number of halogens is 5. The van der Waals surface area contributed by atoms with Crippen molar-refractivity contribution in [3.8, 4) is 5.75 Å². The molecule has 0 saturated heterocycles. The predicted molar refractivity (Wildman–Crippen MR) is 107 cm³/mol. The molecule has 9 heteroatoms. The van der Waals surface area contributed by atoms with E-state index in [1.807, 2.05) is 13.8 Å². The van der Waals surface area contributed by atoms with Crippen LogP contribution in [0.25, 0.3) is 0 Å². The second-order valence-corrected chi connectivity index (χ2v) is 7.47. The first kappa shape index (κ1) is 22.2. The molecule has 0 spiro atoms. The van der Waals surface area contributed by atoms with Gasteiger partial charge in [-0.3, -0.25) is 4.99 Å². The molecule has 0 atom stereocenters. The van der Waals surface area contributed by atoms with Crippen LogP contribution in [-0.4, -0.2) is 18.1 Å². The topological polar surface area (TPSA) is 59.6 Å². The van der Waals surface area contributed by atoms with Crippen LogP contribution in [0.3, 0.4) is 0 Å². The summed E-state index contributed by atoms with van der Waals surface area (Å²) in [5, 5.41) is 3.73. The van der Waals surface area contributed by atoms with E-state index in [0.29, 0.717) is 34.4 Å². The van der Waals surface area contributed by atoms with Gasteiger partial charge in [0.2, 0.25) is 0 Å². The molecule has 0 fully saturated rings. The van der Waals surface area contributed by atoms with Crippen LogP contribution in [0.5, 0.6) is 5.75 Å². The Morgan fingerprint density at radius 2 is 1.71 bits per heavy atom. The number of benzene rings is 2. The Balaban J connectivity index is 1.89. The van der Waals surface area contributed by atoms with E-state index in [1.54, 1.807) is 18.2 Å². The summed E-state index contributed by atoms with van der Waals surface area (Å²) in [6.45, 7) is 4.00. The summed E-state index contributed by atoms with van der Waals surface area (Å²) in [5.74, 6) is 0.549. The first-order valence-electron chi connectivity index (χ1n) is 8.34. The monoisotopic (exact) mass is 433 g/mol. The van der Waals surface area contributed by atoms with E-state index in [9.17, 15) is 13.2 Å². The van der Waals surface area contributed by atoms with Crippen molar-refractivity contribution in [1.82, 2.24) is 0 Å². The molecule has 4 nitrogen and oxygen atoms in total. The number of nitrogens with one attached hydrogen (secondary N) is 1. The Labute approximate surface area is 171 Å². The SMILES string of the molecule is CC(C)(CCN=C(N)Nc1ccc(Cl)c(Cl)c1)Oc1ccc(C(F)(F)F)cc1. The molecule has 152 valence electrons. The van der Waals surface area contributed by atoms with Crippen LogP contribution >= 0.6 is 23.2 Å². The van der Waals surface area contributed by atoms with Gasteiger partial charge in [0.15, 0.2) is 5.96 Å². The number of anilines is 1. The third-order valence-electron chi connectivity index (χ3n) is 3.76. The van der Waals surface area contributed by atoms with E-state index in [2.05, 4.69) is 10.3 Å². The number of ether oxygens (including phenoxy) is 1. The minimum Gasteiger partial charge on any atom is -0.488 e. The third-order valence-corrected chi connectivity index (χ3v) is 4.50. The first-order chi connectivity index (χ1) is 13.0. The smallest absolute Gasteiger partial charge is 0.416 e. The van der Waals surface area contributed by atoms with Gasteiger partial charge in [0.25, 0.3) is 0 Å². The zero-order valence-corrected chi connectivity index (χ0v) is 16.8. The molecule has 0 aliphatic heterocycles. The lowest BCUT2D eigenvalue weighted by molar-refractivity contribution is -0.137. The zero-order chi connectivity index (χ0) is 20.9. The minimum atomic E-state index is -4.37. The number of guanidine groups is 1. The number of rotatable bonds is 6. The molecule has 0 aromatic heterocycles. The molecule has 0 aliphatic rings. The highest BCUT2D eigenvalue weighted by atomic mass is 35.5. The summed E-state index contributed by atoms with van der Waals surface area (Å²) < 4.78 is 43.6. The van der Waals surface area contributed by atoms with Gasteiger partial charge in [-0.2, -0.15) is 13.2 Å². The fourth-order valence-electron chi connectivity index (χ4n) is 2.29. The molecular weight excluding hydrogens is 414 g/mol. The average molecular weight is 434 g/mol. The van der Waals surface area contributed by atoms with Gasteiger partial charge < -0.3 is 15.8 Å². The number of alkyl halides is 3. The summed E-state index contributed by atoms with van der Waals surface area (Å²) in [7, 11) is 0. The van der Waals surface area contributed by atoms with Gasteiger partial charge in [-0.15, -0.1) is 0 Å². The minimum absolute atomic E-state index is 0.198. The Bertz CT molecular complexity index is 837. The van der Waals surface area contributed by atoms with E-state index in [-0.39, 0.29) is 5.96 Å². The van der Waals surface area contributed by atoms with Crippen molar-refractivity contribution in [2.45, 2.75) is 32.0 Å². The maximum Gasteiger partial charge on any atom is 0.416 e. The van der Waals surface area contributed by atoms with Crippen LogP contribution in [0.15, 0.2) is 47.5 Å². The van der Waals surface area contributed by atoms with Gasteiger partial charge in [0.1, 0.15) is 11.4 Å². The lowest BCUT2D eigenvalue weighted by atomic mass is 10.1. The standard InChI is InChI=1S/C19H20Cl2F3N3O/c1-18(2,28-14-6-3-12(4-7-14)19(22,23)24)9-10-26-17(25)27-13-5-8-15(20)16(21)11-13/h3-8,11H,9-10H2,1-2H3,(H3,25,26,27). The Morgan fingerprint density at radius 1 is 1.07 bits per heavy atom. The summed E-state index contributed by atoms with van der Waals surface area (Å²) in [6.07, 6.45) is -3.88. The van der Waals surface area contributed by atoms with Gasteiger partial charge in [0.05, 0.1) is 15.6 Å². The molecule has 0 amide bonds. The van der Waals surface area contributed by atoms with Crippen LogP contribution in [0.1, 0.15) is 25.8 Å². The van der Waals surface area contributed by atoms with Crippen molar-refractivity contribution in [2.24, 2.45) is 10.7 Å². The zero-order valence-electron chi connectivity index (χ0n) is 15.3. The van der Waals surface area contributed by atoms with Gasteiger partial charge in [-0.05, 0) is 56.3 Å². The summed E-state index contributed by atoms with van der Waals surface area (Å²) in [6, 6.07) is 9.56. The molecule has 0 unspecified atom stereocenters. The van der Waals surface area contributed by atoms with E-state index in [4.69, 9.17) is 33.7 Å². The van der Waals surface area contributed by atoms with Gasteiger partial charge >= 0.3 is 6.18 Å². The van der Waals surface area contributed by atoms with Crippen molar-refractivity contribution < 1.29 is 17.9 Å². The second kappa shape index (κ2) is 8.92. The van der Waals surface area contributed by atoms with E-state index >= 15 is 0 Å². The van der Waals surface area contributed by atoms with Gasteiger partial charge in [-0.1, -0.05) is 23.2 Å². The fraction of sp³-hybridized carbons (Fsp3) is 0.316. The fourth-order valence-corrected chi connectivity index (χ4v) is 2.59. The molecule has 0 saturated carbocycles. The van der Waals surface area contributed by atoms with Crippen molar-refractivity contribution in [1.29, 1.82) is 0 Å². The van der Waals surface area contributed by atoms with Crippen molar-refractivity contribution >= 4 is 34.8 Å². The highest BCUT2D eigenvalue weighted by Gasteiger charge is 2.30. The second-order valence-electron chi connectivity index (χ2n) is 6.65. The highest BCUT2D eigenvalue weighted by Crippen LogP contribution is 2.31. The molecule has 0 bridgehead atoms. The van der Waals surface area contributed by atoms with Crippen molar-refractivity contribution in [3.63, 3.8) is 0 Å². The van der Waals surface area contributed by atoms with Crippen LogP contribution in [-0.2, 0) is 6.18 Å². The summed E-state index contributed by atoms with van der Waals surface area (Å²) in [5.41, 5.74) is 5.13. The molecule has 0 aliphatic carbocycles. The molecule has 2 aromatic carbocycles. The quantitative estimate of drug-likeness (QED) is 0.434. The first-order valence-corrected chi connectivity index (χ1v) is 9.10. The largest absolute Gasteiger partial charge is 0.488 e. The number of hydrogen-bond acceptors (Lipinski definition) is 2. The maximum absolute atomic E-state index is 12.6. The lowest BCUT2D eigenvalue weighted by Crippen LogP contribution is -2.30. The molecule has 3 N–H and O–H groups in total. The average Bonchev–Trinajstić information content (AvgIpc) is 2.57. The summed E-state index contributed by atoms with van der Waals surface area (Å²) in [4.78, 5) is 4.22. The van der Waals surface area contributed by atoms with Gasteiger partial charge in [-0.25, -0.2) is 0 Å². The maximum atomic E-state index is 12.6. The van der Waals surface area contributed by atoms with Crippen LogP contribution < -0.4 is 15.8 Å². The molecule has 0 radical (unpaired) electrons. The molecule has 28 heavy (non-hydrogen) atoms. The molecular formula is C19H20Cl2F3N3O.